The van der Waals surface area contributed by atoms with Gasteiger partial charge in [-0.2, -0.15) is 11.3 Å². The van der Waals surface area contributed by atoms with Crippen LogP contribution in [0.25, 0.3) is 0 Å². The lowest BCUT2D eigenvalue weighted by Gasteiger charge is -2.04. The average molecular weight is 361 g/mol. The second-order valence-electron chi connectivity index (χ2n) is 3.12. The number of anilines is 1. The summed E-state index contributed by atoms with van der Waals surface area (Å²) < 4.78 is 1.75. The van der Waals surface area contributed by atoms with Crippen LogP contribution in [-0.4, -0.2) is 5.91 Å². The first kappa shape index (κ1) is 11.8. The van der Waals surface area contributed by atoms with E-state index in [2.05, 4.69) is 37.2 Å². The van der Waals surface area contributed by atoms with E-state index in [1.807, 2.05) is 22.9 Å². The molecule has 5 heteroatoms. The lowest BCUT2D eigenvalue weighted by Crippen LogP contribution is -2.11. The summed E-state index contributed by atoms with van der Waals surface area (Å²) >= 11 is 8.25. The molecule has 0 radical (unpaired) electrons. The van der Waals surface area contributed by atoms with Gasteiger partial charge in [-0.05, 0) is 29.6 Å². The lowest BCUT2D eigenvalue weighted by molar-refractivity contribution is 0.102. The minimum Gasteiger partial charge on any atom is -0.321 e. The SMILES string of the molecule is O=C(Nc1ccsc1)c1cc(Br)cc(Br)c1. The highest BCUT2D eigenvalue weighted by atomic mass is 79.9. The molecule has 0 atom stereocenters. The van der Waals surface area contributed by atoms with E-state index in [1.54, 1.807) is 23.5 Å². The van der Waals surface area contributed by atoms with Gasteiger partial charge in [0.15, 0.2) is 0 Å². The number of rotatable bonds is 2. The zero-order valence-electron chi connectivity index (χ0n) is 8.04. The summed E-state index contributed by atoms with van der Waals surface area (Å²) in [6.45, 7) is 0. The van der Waals surface area contributed by atoms with Crippen molar-refractivity contribution in [2.45, 2.75) is 0 Å². The Balaban J connectivity index is 2.21. The van der Waals surface area contributed by atoms with E-state index in [1.165, 1.54) is 0 Å². The largest absolute Gasteiger partial charge is 0.321 e. The Hall–Kier alpha value is -0.650. The second kappa shape index (κ2) is 5.12. The summed E-state index contributed by atoms with van der Waals surface area (Å²) in [5, 5.41) is 6.64. The quantitative estimate of drug-likeness (QED) is 0.837. The zero-order valence-corrected chi connectivity index (χ0v) is 12.0. The van der Waals surface area contributed by atoms with Crippen LogP contribution in [0.15, 0.2) is 44.0 Å². The van der Waals surface area contributed by atoms with E-state index in [-0.39, 0.29) is 5.91 Å². The van der Waals surface area contributed by atoms with Crippen LogP contribution in [0.2, 0.25) is 0 Å². The molecule has 0 aliphatic heterocycles. The molecule has 0 spiro atoms. The van der Waals surface area contributed by atoms with Crippen LogP contribution in [0.1, 0.15) is 10.4 Å². The number of carbonyl (C=O) groups excluding carboxylic acids is 1. The number of thiophene rings is 1. The molecule has 0 aliphatic rings. The van der Waals surface area contributed by atoms with Crippen molar-refractivity contribution in [3.63, 3.8) is 0 Å². The Morgan fingerprint density at radius 2 is 1.88 bits per heavy atom. The molecule has 0 fully saturated rings. The highest BCUT2D eigenvalue weighted by Crippen LogP contribution is 2.21. The topological polar surface area (TPSA) is 29.1 Å². The summed E-state index contributed by atoms with van der Waals surface area (Å²) in [6, 6.07) is 7.33. The number of hydrogen-bond donors (Lipinski definition) is 1. The molecule has 0 bridgehead atoms. The number of nitrogens with one attached hydrogen (secondary N) is 1. The third kappa shape index (κ3) is 2.93. The normalized spacial score (nSPS) is 10.1. The molecule has 1 aromatic carbocycles. The Bertz CT molecular complexity index is 490. The van der Waals surface area contributed by atoms with Gasteiger partial charge < -0.3 is 5.32 Å². The van der Waals surface area contributed by atoms with E-state index in [9.17, 15) is 4.79 Å². The standard InChI is InChI=1S/C11H7Br2NOS/c12-8-3-7(4-9(13)5-8)11(15)14-10-1-2-16-6-10/h1-6H,(H,14,15). The van der Waals surface area contributed by atoms with Crippen LogP contribution < -0.4 is 5.32 Å². The van der Waals surface area contributed by atoms with Crippen molar-refractivity contribution in [1.29, 1.82) is 0 Å². The van der Waals surface area contributed by atoms with Crippen LogP contribution in [0.4, 0.5) is 5.69 Å². The predicted octanol–water partition coefficient (Wildman–Crippen LogP) is 4.53. The van der Waals surface area contributed by atoms with Gasteiger partial charge in [0.2, 0.25) is 0 Å². The van der Waals surface area contributed by atoms with Crippen molar-refractivity contribution in [2.75, 3.05) is 5.32 Å². The first-order valence-corrected chi connectivity index (χ1v) is 6.98. The van der Waals surface area contributed by atoms with Gasteiger partial charge in [0.25, 0.3) is 5.91 Å². The van der Waals surface area contributed by atoms with Gasteiger partial charge in [0, 0.05) is 19.9 Å². The summed E-state index contributed by atoms with van der Waals surface area (Å²) in [5.74, 6) is -0.111. The van der Waals surface area contributed by atoms with Gasteiger partial charge in [-0.15, -0.1) is 0 Å². The summed E-state index contributed by atoms with van der Waals surface area (Å²) in [5.41, 5.74) is 1.44. The van der Waals surface area contributed by atoms with E-state index >= 15 is 0 Å². The van der Waals surface area contributed by atoms with Crippen LogP contribution in [0.5, 0.6) is 0 Å². The highest BCUT2D eigenvalue weighted by molar-refractivity contribution is 9.11. The molecule has 0 unspecified atom stereocenters. The fourth-order valence-corrected chi connectivity index (χ4v) is 3.11. The summed E-state index contributed by atoms with van der Waals surface area (Å²) in [7, 11) is 0. The molecule has 2 nitrogen and oxygen atoms in total. The van der Waals surface area contributed by atoms with Gasteiger partial charge in [0.1, 0.15) is 0 Å². The molecular formula is C11H7Br2NOS. The number of hydrogen-bond acceptors (Lipinski definition) is 2. The van der Waals surface area contributed by atoms with Crippen LogP contribution in [-0.2, 0) is 0 Å². The minimum absolute atomic E-state index is 0.111. The summed E-state index contributed by atoms with van der Waals surface area (Å²) in [4.78, 5) is 11.9. The highest BCUT2D eigenvalue weighted by Gasteiger charge is 2.07. The molecule has 1 aromatic heterocycles. The minimum atomic E-state index is -0.111. The van der Waals surface area contributed by atoms with Crippen molar-refractivity contribution in [1.82, 2.24) is 0 Å². The smallest absolute Gasteiger partial charge is 0.255 e. The third-order valence-electron chi connectivity index (χ3n) is 1.90. The predicted molar refractivity (Wildman–Crippen MR) is 74.1 cm³/mol. The first-order chi connectivity index (χ1) is 7.65. The molecule has 1 N–H and O–H groups in total. The molecule has 1 heterocycles. The fourth-order valence-electron chi connectivity index (χ4n) is 1.22. The molecule has 2 rings (SSSR count). The molecule has 16 heavy (non-hydrogen) atoms. The van der Waals surface area contributed by atoms with Gasteiger partial charge >= 0.3 is 0 Å². The Morgan fingerprint density at radius 1 is 1.19 bits per heavy atom. The van der Waals surface area contributed by atoms with Crippen LogP contribution in [0.3, 0.4) is 0 Å². The third-order valence-corrected chi connectivity index (χ3v) is 3.50. The van der Waals surface area contributed by atoms with Crippen molar-refractivity contribution in [3.05, 3.63) is 49.5 Å². The molecule has 0 aliphatic carbocycles. The van der Waals surface area contributed by atoms with Crippen LogP contribution in [0, 0.1) is 0 Å². The Morgan fingerprint density at radius 3 is 2.44 bits per heavy atom. The molecule has 0 saturated carbocycles. The monoisotopic (exact) mass is 359 g/mol. The van der Waals surface area contributed by atoms with Crippen molar-refractivity contribution in [2.24, 2.45) is 0 Å². The van der Waals surface area contributed by atoms with E-state index in [0.717, 1.165) is 14.6 Å². The molecule has 0 saturated heterocycles. The van der Waals surface area contributed by atoms with E-state index in [0.29, 0.717) is 5.56 Å². The molecule has 2 aromatic rings. The maximum atomic E-state index is 11.9. The maximum Gasteiger partial charge on any atom is 0.255 e. The first-order valence-electron chi connectivity index (χ1n) is 4.45. The Labute approximate surface area is 114 Å². The number of benzene rings is 1. The van der Waals surface area contributed by atoms with Gasteiger partial charge in [-0.3, -0.25) is 4.79 Å². The average Bonchev–Trinajstić information content (AvgIpc) is 2.68. The van der Waals surface area contributed by atoms with Crippen molar-refractivity contribution >= 4 is 54.8 Å². The van der Waals surface area contributed by atoms with Crippen molar-refractivity contribution < 1.29 is 4.79 Å². The number of halogens is 2. The summed E-state index contributed by atoms with van der Waals surface area (Å²) in [6.07, 6.45) is 0. The lowest BCUT2D eigenvalue weighted by atomic mass is 10.2. The second-order valence-corrected chi connectivity index (χ2v) is 5.74. The van der Waals surface area contributed by atoms with Gasteiger partial charge in [-0.25, -0.2) is 0 Å². The maximum absolute atomic E-state index is 11.9. The number of amides is 1. The van der Waals surface area contributed by atoms with Gasteiger partial charge in [-0.1, -0.05) is 31.9 Å². The van der Waals surface area contributed by atoms with E-state index < -0.39 is 0 Å². The van der Waals surface area contributed by atoms with E-state index in [4.69, 9.17) is 0 Å². The molecule has 82 valence electrons. The molecular weight excluding hydrogens is 354 g/mol. The molecule has 1 amide bonds. The van der Waals surface area contributed by atoms with Crippen molar-refractivity contribution in [3.8, 4) is 0 Å². The number of carbonyl (C=O) groups is 1. The van der Waals surface area contributed by atoms with Gasteiger partial charge in [0.05, 0.1) is 5.69 Å². The Kier molecular flexibility index (Phi) is 3.78. The van der Waals surface area contributed by atoms with Crippen LogP contribution >= 0.6 is 43.2 Å². The zero-order chi connectivity index (χ0) is 11.5. The fraction of sp³-hybridized carbons (Fsp3) is 0.